The van der Waals surface area contributed by atoms with Crippen molar-refractivity contribution in [3.05, 3.63) is 28.8 Å². The predicted molar refractivity (Wildman–Crippen MR) is 137 cm³/mol. The van der Waals surface area contributed by atoms with Crippen LogP contribution in [0, 0.1) is 11.3 Å². The quantitative estimate of drug-likeness (QED) is 0.460. The molecular formula is C25H38N6O3. The summed E-state index contributed by atoms with van der Waals surface area (Å²) in [6, 6.07) is 6.07. The number of aromatic nitrogens is 1. The molecule has 0 saturated heterocycles. The summed E-state index contributed by atoms with van der Waals surface area (Å²) in [5, 5.41) is 16.7. The van der Waals surface area contributed by atoms with E-state index < -0.39 is 0 Å². The van der Waals surface area contributed by atoms with Crippen molar-refractivity contribution in [1.29, 1.82) is 5.26 Å². The van der Waals surface area contributed by atoms with Gasteiger partial charge in [-0.25, -0.2) is 0 Å². The van der Waals surface area contributed by atoms with Crippen molar-refractivity contribution >= 4 is 11.5 Å². The third kappa shape index (κ3) is 6.43. The Kier molecular flexibility index (Phi) is 10.2. The molecule has 3 rings (SSSR count). The van der Waals surface area contributed by atoms with Crippen LogP contribution in [0.2, 0.25) is 0 Å². The van der Waals surface area contributed by atoms with Crippen LogP contribution in [-0.4, -0.2) is 83.4 Å². The van der Waals surface area contributed by atoms with E-state index >= 15 is 0 Å². The first-order chi connectivity index (χ1) is 16.4. The van der Waals surface area contributed by atoms with Gasteiger partial charge in [0.1, 0.15) is 23.2 Å². The zero-order valence-electron chi connectivity index (χ0n) is 21.7. The molecule has 0 radical (unpaired) electrons. The van der Waals surface area contributed by atoms with Crippen LogP contribution in [0.5, 0.6) is 23.1 Å². The minimum atomic E-state index is 0.489. The highest BCUT2D eigenvalue weighted by Gasteiger charge is 2.27. The zero-order chi connectivity index (χ0) is 25.3. The van der Waals surface area contributed by atoms with Gasteiger partial charge in [0.25, 0.3) is 0 Å². The maximum absolute atomic E-state index is 10.00. The van der Waals surface area contributed by atoms with Crippen molar-refractivity contribution in [1.82, 2.24) is 14.8 Å². The molecular weight excluding hydrogens is 432 g/mol. The van der Waals surface area contributed by atoms with Crippen LogP contribution < -0.4 is 24.8 Å². The molecule has 1 aromatic carbocycles. The maximum atomic E-state index is 10.00. The average molecular weight is 471 g/mol. The zero-order valence-corrected chi connectivity index (χ0v) is 21.7. The Balaban J connectivity index is 0.00000199. The molecule has 34 heavy (non-hydrogen) atoms. The van der Waals surface area contributed by atoms with Gasteiger partial charge in [-0.05, 0) is 34.3 Å². The van der Waals surface area contributed by atoms with Gasteiger partial charge in [-0.1, -0.05) is 13.8 Å². The first-order valence-electron chi connectivity index (χ1n) is 11.5. The largest absolute Gasteiger partial charge is 0.493 e. The molecule has 1 aromatic heterocycles. The van der Waals surface area contributed by atoms with Crippen LogP contribution in [0.1, 0.15) is 30.5 Å². The van der Waals surface area contributed by atoms with Crippen molar-refractivity contribution in [2.45, 2.75) is 20.3 Å². The molecule has 0 amide bonds. The summed E-state index contributed by atoms with van der Waals surface area (Å²) in [4.78, 5) is 8.84. The standard InChI is InChI=1S/C23H32N6O3.C2H6/c1-28(2)9-7-25-21-16-11-15-12-19(30-5)20(31-6)13-18(15)32-23(16)27-22(17(21)14-24)26-8-10-29(3)4;1-2/h12-13H,7-11H2,1-6H3,(H2,25,26,27);1-2H3. The molecule has 1 aliphatic rings. The Labute approximate surface area is 203 Å². The lowest BCUT2D eigenvalue weighted by atomic mass is 9.98. The second-order valence-electron chi connectivity index (χ2n) is 8.16. The minimum Gasteiger partial charge on any atom is -0.493 e. The fourth-order valence-electron chi connectivity index (χ4n) is 3.51. The van der Waals surface area contributed by atoms with Crippen LogP contribution in [-0.2, 0) is 6.42 Å². The van der Waals surface area contributed by atoms with Crippen molar-refractivity contribution in [3.63, 3.8) is 0 Å². The highest BCUT2D eigenvalue weighted by molar-refractivity contribution is 5.76. The minimum absolute atomic E-state index is 0.489. The highest BCUT2D eigenvalue weighted by Crippen LogP contribution is 2.45. The van der Waals surface area contributed by atoms with Gasteiger partial charge in [0.2, 0.25) is 5.88 Å². The summed E-state index contributed by atoms with van der Waals surface area (Å²) in [5.74, 6) is 2.91. The number of hydrogen-bond acceptors (Lipinski definition) is 9. The molecule has 1 aliphatic heterocycles. The third-order valence-electron chi connectivity index (χ3n) is 5.22. The van der Waals surface area contributed by atoms with E-state index in [2.05, 4.69) is 31.5 Å². The monoisotopic (exact) mass is 470 g/mol. The van der Waals surface area contributed by atoms with E-state index in [1.54, 1.807) is 14.2 Å². The van der Waals surface area contributed by atoms with Gasteiger partial charge in [0, 0.05) is 49.8 Å². The summed E-state index contributed by atoms with van der Waals surface area (Å²) >= 11 is 0. The normalized spacial score (nSPS) is 11.4. The van der Waals surface area contributed by atoms with E-state index in [0.717, 1.165) is 29.9 Å². The van der Waals surface area contributed by atoms with E-state index in [1.165, 1.54) is 0 Å². The summed E-state index contributed by atoms with van der Waals surface area (Å²) in [6.45, 7) is 6.99. The topological polar surface area (TPSA) is 94.9 Å². The first-order valence-corrected chi connectivity index (χ1v) is 11.5. The van der Waals surface area contributed by atoms with E-state index in [1.807, 2.05) is 54.2 Å². The number of likely N-dealkylation sites (N-methyl/N-ethyl adjacent to an activating group) is 2. The molecule has 2 aromatic rings. The van der Waals surface area contributed by atoms with Gasteiger partial charge in [-0.2, -0.15) is 10.2 Å². The maximum Gasteiger partial charge on any atom is 0.226 e. The Morgan fingerprint density at radius 2 is 1.59 bits per heavy atom. The number of nitrogens with one attached hydrogen (secondary N) is 2. The Morgan fingerprint density at radius 3 is 2.15 bits per heavy atom. The van der Waals surface area contributed by atoms with Gasteiger partial charge in [-0.3, -0.25) is 0 Å². The number of methoxy groups -OCH3 is 2. The SMILES string of the molecule is CC.COc1cc2c(cc1OC)Oc1nc(NCCN(C)C)c(C#N)c(NCCN(C)C)c1C2. The highest BCUT2D eigenvalue weighted by atomic mass is 16.5. The van der Waals surface area contributed by atoms with Crippen LogP contribution in [0.25, 0.3) is 0 Å². The third-order valence-corrected chi connectivity index (χ3v) is 5.22. The van der Waals surface area contributed by atoms with Gasteiger partial charge < -0.3 is 34.6 Å². The molecule has 0 saturated carbocycles. The Bertz CT molecular complexity index is 1000. The van der Waals surface area contributed by atoms with Gasteiger partial charge in [0.15, 0.2) is 11.5 Å². The average Bonchev–Trinajstić information content (AvgIpc) is 2.82. The van der Waals surface area contributed by atoms with Gasteiger partial charge in [0.05, 0.1) is 19.9 Å². The Hall–Kier alpha value is -3.22. The molecule has 0 atom stereocenters. The fourth-order valence-corrected chi connectivity index (χ4v) is 3.51. The number of ether oxygens (including phenoxy) is 3. The van der Waals surface area contributed by atoms with E-state index in [0.29, 0.717) is 54.0 Å². The molecule has 0 fully saturated rings. The molecule has 9 nitrogen and oxygen atoms in total. The summed E-state index contributed by atoms with van der Waals surface area (Å²) < 4.78 is 17.1. The number of hydrogen-bond donors (Lipinski definition) is 2. The molecule has 0 bridgehead atoms. The molecule has 2 N–H and O–H groups in total. The van der Waals surface area contributed by atoms with E-state index in [-0.39, 0.29) is 0 Å². The van der Waals surface area contributed by atoms with Gasteiger partial charge in [-0.15, -0.1) is 0 Å². The smallest absolute Gasteiger partial charge is 0.226 e. The predicted octanol–water partition coefficient (Wildman–Crippen LogP) is 3.64. The second-order valence-corrected chi connectivity index (χ2v) is 8.16. The van der Waals surface area contributed by atoms with Crippen molar-refractivity contribution in [3.8, 4) is 29.2 Å². The summed E-state index contributed by atoms with van der Waals surface area (Å²) in [5.41, 5.74) is 3.06. The number of nitriles is 1. The van der Waals surface area contributed by atoms with Crippen LogP contribution in [0.15, 0.2) is 12.1 Å². The molecule has 0 unspecified atom stereocenters. The molecule has 2 heterocycles. The van der Waals surface area contributed by atoms with E-state index in [4.69, 9.17) is 14.2 Å². The van der Waals surface area contributed by atoms with Crippen molar-refractivity contribution in [2.24, 2.45) is 0 Å². The second kappa shape index (κ2) is 12.9. The number of pyridine rings is 1. The number of nitrogens with zero attached hydrogens (tertiary/aromatic N) is 4. The first kappa shape index (κ1) is 27.0. The van der Waals surface area contributed by atoms with E-state index in [9.17, 15) is 5.26 Å². The number of anilines is 2. The molecule has 0 aliphatic carbocycles. The van der Waals surface area contributed by atoms with Crippen LogP contribution in [0.4, 0.5) is 11.5 Å². The number of rotatable bonds is 10. The molecule has 0 spiro atoms. The lowest BCUT2D eigenvalue weighted by molar-refractivity contribution is 0.349. The lowest BCUT2D eigenvalue weighted by Crippen LogP contribution is -2.24. The van der Waals surface area contributed by atoms with Gasteiger partial charge >= 0.3 is 0 Å². The molecule has 9 heteroatoms. The van der Waals surface area contributed by atoms with Crippen LogP contribution in [0.3, 0.4) is 0 Å². The Morgan fingerprint density at radius 1 is 1.00 bits per heavy atom. The van der Waals surface area contributed by atoms with Crippen molar-refractivity contribution < 1.29 is 14.2 Å². The summed E-state index contributed by atoms with van der Waals surface area (Å²) in [6.07, 6.45) is 0.564. The molecule has 186 valence electrons. The van der Waals surface area contributed by atoms with Crippen LogP contribution >= 0.6 is 0 Å². The number of fused-ring (bicyclic) bond motifs is 2. The van der Waals surface area contributed by atoms with Crippen molar-refractivity contribution in [2.75, 3.05) is 79.2 Å². The fraction of sp³-hybridized carbons (Fsp3) is 0.520. The number of benzene rings is 1. The lowest BCUT2D eigenvalue weighted by Gasteiger charge is -2.26. The summed E-state index contributed by atoms with van der Waals surface area (Å²) in [7, 11) is 11.2.